The molecule has 1 amide bonds. The Morgan fingerprint density at radius 2 is 2.10 bits per heavy atom. The number of ether oxygens (including phenoxy) is 1. The molecule has 0 saturated carbocycles. The zero-order chi connectivity index (χ0) is 15.1. The van der Waals surface area contributed by atoms with E-state index in [9.17, 15) is 4.79 Å². The summed E-state index contributed by atoms with van der Waals surface area (Å²) in [5, 5.41) is 6.49. The normalized spacial score (nSPS) is 25.8. The van der Waals surface area contributed by atoms with Crippen molar-refractivity contribution in [3.05, 3.63) is 0 Å². The van der Waals surface area contributed by atoms with E-state index in [4.69, 9.17) is 4.74 Å². The molecule has 5 nitrogen and oxygen atoms in total. The summed E-state index contributed by atoms with van der Waals surface area (Å²) in [5.41, 5.74) is 0. The highest BCUT2D eigenvalue weighted by Crippen LogP contribution is 2.13. The van der Waals surface area contributed by atoms with E-state index in [1.165, 1.54) is 6.42 Å². The quantitative estimate of drug-likeness (QED) is 0.768. The van der Waals surface area contributed by atoms with Crippen LogP contribution in [0.5, 0.6) is 0 Å². The topological polar surface area (TPSA) is 53.6 Å². The second-order valence-electron chi connectivity index (χ2n) is 6.68. The molecular formula is C16H31N3O2. The van der Waals surface area contributed by atoms with Gasteiger partial charge >= 0.3 is 0 Å². The Morgan fingerprint density at radius 1 is 1.33 bits per heavy atom. The summed E-state index contributed by atoms with van der Waals surface area (Å²) >= 11 is 0. The molecule has 1 unspecified atom stereocenters. The number of carbonyl (C=O) groups excluding carboxylic acids is 1. The lowest BCUT2D eigenvalue weighted by Gasteiger charge is -2.36. The zero-order valence-corrected chi connectivity index (χ0v) is 13.6. The number of nitrogens with one attached hydrogen (secondary N) is 2. The van der Waals surface area contributed by atoms with Crippen LogP contribution >= 0.6 is 0 Å². The lowest BCUT2D eigenvalue weighted by Crippen LogP contribution is -2.52. The SMILES string of the molecule is CC(C)CC(CNC(=O)[C@H]1CCCCN1)N1CCOCC1. The van der Waals surface area contributed by atoms with E-state index in [1.54, 1.807) is 0 Å². The molecule has 2 aliphatic heterocycles. The van der Waals surface area contributed by atoms with Crippen LogP contribution in [0.1, 0.15) is 39.5 Å². The molecule has 5 heteroatoms. The van der Waals surface area contributed by atoms with Crippen LogP contribution in [0.25, 0.3) is 0 Å². The zero-order valence-electron chi connectivity index (χ0n) is 13.6. The Balaban J connectivity index is 1.81. The van der Waals surface area contributed by atoms with Gasteiger partial charge in [-0.25, -0.2) is 0 Å². The Morgan fingerprint density at radius 3 is 2.71 bits per heavy atom. The molecule has 0 radical (unpaired) electrons. The molecule has 2 atom stereocenters. The van der Waals surface area contributed by atoms with Crippen LogP contribution in [0, 0.1) is 5.92 Å². The predicted molar refractivity (Wildman–Crippen MR) is 84.3 cm³/mol. The average molecular weight is 297 g/mol. The van der Waals surface area contributed by atoms with Gasteiger partial charge in [-0.15, -0.1) is 0 Å². The van der Waals surface area contributed by atoms with Gasteiger partial charge in [-0.1, -0.05) is 20.3 Å². The van der Waals surface area contributed by atoms with Crippen molar-refractivity contribution in [1.29, 1.82) is 0 Å². The van der Waals surface area contributed by atoms with Gasteiger partial charge in [0.2, 0.25) is 5.91 Å². The number of carbonyl (C=O) groups is 1. The molecule has 21 heavy (non-hydrogen) atoms. The molecule has 0 aliphatic carbocycles. The van der Waals surface area contributed by atoms with Crippen molar-refractivity contribution in [3.8, 4) is 0 Å². The molecule has 0 aromatic rings. The maximum atomic E-state index is 12.3. The van der Waals surface area contributed by atoms with E-state index >= 15 is 0 Å². The van der Waals surface area contributed by atoms with Crippen LogP contribution in [0.4, 0.5) is 0 Å². The molecule has 122 valence electrons. The van der Waals surface area contributed by atoms with Crippen LogP contribution in [-0.4, -0.2) is 62.3 Å². The highest BCUT2D eigenvalue weighted by atomic mass is 16.5. The number of amides is 1. The van der Waals surface area contributed by atoms with Gasteiger partial charge in [0, 0.05) is 25.7 Å². The van der Waals surface area contributed by atoms with E-state index in [0.29, 0.717) is 12.0 Å². The maximum Gasteiger partial charge on any atom is 0.237 e. The second-order valence-corrected chi connectivity index (χ2v) is 6.68. The molecule has 2 heterocycles. The average Bonchev–Trinajstić information content (AvgIpc) is 2.52. The predicted octanol–water partition coefficient (Wildman–Crippen LogP) is 0.992. The Labute approximate surface area is 128 Å². The highest BCUT2D eigenvalue weighted by Gasteiger charge is 2.25. The van der Waals surface area contributed by atoms with E-state index < -0.39 is 0 Å². The lowest BCUT2D eigenvalue weighted by molar-refractivity contribution is -0.124. The van der Waals surface area contributed by atoms with Crippen molar-refractivity contribution in [2.75, 3.05) is 39.4 Å². The molecule has 2 N–H and O–H groups in total. The van der Waals surface area contributed by atoms with Crippen molar-refractivity contribution in [3.63, 3.8) is 0 Å². The summed E-state index contributed by atoms with van der Waals surface area (Å²) in [6.07, 6.45) is 4.44. The molecular weight excluding hydrogens is 266 g/mol. The van der Waals surface area contributed by atoms with Gasteiger partial charge in [0.25, 0.3) is 0 Å². The molecule has 0 bridgehead atoms. The van der Waals surface area contributed by atoms with Gasteiger partial charge < -0.3 is 15.4 Å². The third-order valence-corrected chi connectivity index (χ3v) is 4.44. The standard InChI is InChI=1S/C16H31N3O2/c1-13(2)11-14(19-7-9-21-10-8-19)12-18-16(20)15-5-3-4-6-17-15/h13-15,17H,3-12H2,1-2H3,(H,18,20)/t14?,15-/m1/s1. The minimum absolute atomic E-state index is 0.0168. The van der Waals surface area contributed by atoms with Crippen molar-refractivity contribution in [2.24, 2.45) is 5.92 Å². The molecule has 0 aromatic heterocycles. The highest BCUT2D eigenvalue weighted by molar-refractivity contribution is 5.81. The fourth-order valence-corrected chi connectivity index (χ4v) is 3.27. The fraction of sp³-hybridized carbons (Fsp3) is 0.938. The van der Waals surface area contributed by atoms with Gasteiger partial charge in [0.15, 0.2) is 0 Å². The summed E-state index contributed by atoms with van der Waals surface area (Å²) in [6.45, 7) is 9.81. The third-order valence-electron chi connectivity index (χ3n) is 4.44. The smallest absolute Gasteiger partial charge is 0.237 e. The largest absolute Gasteiger partial charge is 0.379 e. The molecule has 2 fully saturated rings. The lowest BCUT2D eigenvalue weighted by atomic mass is 10.0. The van der Waals surface area contributed by atoms with Gasteiger partial charge in [0.1, 0.15) is 0 Å². The minimum atomic E-state index is 0.0168. The minimum Gasteiger partial charge on any atom is -0.379 e. The number of piperidine rings is 1. The Hall–Kier alpha value is -0.650. The fourth-order valence-electron chi connectivity index (χ4n) is 3.27. The number of rotatable bonds is 6. The van der Waals surface area contributed by atoms with Crippen LogP contribution < -0.4 is 10.6 Å². The van der Waals surface area contributed by atoms with Crippen LogP contribution in [-0.2, 0) is 9.53 Å². The van der Waals surface area contributed by atoms with Crippen molar-refractivity contribution < 1.29 is 9.53 Å². The number of nitrogens with zero attached hydrogens (tertiary/aromatic N) is 1. The van der Waals surface area contributed by atoms with Crippen molar-refractivity contribution in [1.82, 2.24) is 15.5 Å². The first-order chi connectivity index (χ1) is 10.2. The summed E-state index contributed by atoms with van der Waals surface area (Å²) in [7, 11) is 0. The maximum absolute atomic E-state index is 12.3. The summed E-state index contributed by atoms with van der Waals surface area (Å²) < 4.78 is 5.44. The molecule has 0 spiro atoms. The molecule has 2 saturated heterocycles. The summed E-state index contributed by atoms with van der Waals surface area (Å²) in [4.78, 5) is 14.7. The van der Waals surface area contributed by atoms with Crippen LogP contribution in [0.2, 0.25) is 0 Å². The molecule has 2 rings (SSSR count). The number of hydrogen-bond donors (Lipinski definition) is 2. The van der Waals surface area contributed by atoms with E-state index in [2.05, 4.69) is 29.4 Å². The van der Waals surface area contributed by atoms with Gasteiger partial charge in [-0.2, -0.15) is 0 Å². The second kappa shape index (κ2) is 8.71. The Kier molecular flexibility index (Phi) is 6.93. The summed E-state index contributed by atoms with van der Waals surface area (Å²) in [6, 6.07) is 0.449. The van der Waals surface area contributed by atoms with E-state index in [-0.39, 0.29) is 11.9 Å². The van der Waals surface area contributed by atoms with Gasteiger partial charge in [-0.3, -0.25) is 9.69 Å². The van der Waals surface area contributed by atoms with Crippen LogP contribution in [0.15, 0.2) is 0 Å². The third kappa shape index (κ3) is 5.57. The van der Waals surface area contributed by atoms with E-state index in [0.717, 1.165) is 58.7 Å². The first-order valence-corrected chi connectivity index (χ1v) is 8.49. The van der Waals surface area contributed by atoms with Crippen molar-refractivity contribution in [2.45, 2.75) is 51.6 Å². The Bertz CT molecular complexity index is 311. The molecule has 0 aromatic carbocycles. The summed E-state index contributed by atoms with van der Waals surface area (Å²) in [5.74, 6) is 0.819. The monoisotopic (exact) mass is 297 g/mol. The molecule has 2 aliphatic rings. The van der Waals surface area contributed by atoms with E-state index in [1.807, 2.05) is 0 Å². The van der Waals surface area contributed by atoms with Crippen molar-refractivity contribution >= 4 is 5.91 Å². The number of morpholine rings is 1. The van der Waals surface area contributed by atoms with Crippen LogP contribution in [0.3, 0.4) is 0 Å². The van der Waals surface area contributed by atoms with Gasteiger partial charge in [0.05, 0.1) is 19.3 Å². The van der Waals surface area contributed by atoms with Gasteiger partial charge in [-0.05, 0) is 31.7 Å². The number of hydrogen-bond acceptors (Lipinski definition) is 4. The first kappa shape index (κ1) is 16.7. The first-order valence-electron chi connectivity index (χ1n) is 8.49.